The first-order valence-electron chi connectivity index (χ1n) is 7.88. The van der Waals surface area contributed by atoms with E-state index >= 15 is 0 Å². The molecule has 0 heterocycles. The highest BCUT2D eigenvalue weighted by atomic mass is 35.5. The average molecular weight is 414 g/mol. The van der Waals surface area contributed by atoms with Crippen LogP contribution in [-0.4, -0.2) is 25.4 Å². The zero-order valence-electron chi connectivity index (χ0n) is 14.9. The number of ether oxygens (including phenoxy) is 2. The summed E-state index contributed by atoms with van der Waals surface area (Å²) < 4.78 is 10.1. The number of halogens is 2. The van der Waals surface area contributed by atoms with Gasteiger partial charge in [0.1, 0.15) is 0 Å². The van der Waals surface area contributed by atoms with Crippen molar-refractivity contribution in [3.8, 4) is 0 Å². The average Bonchev–Trinajstić information content (AvgIpc) is 2.62. The number of urea groups is 1. The SMILES string of the molecule is CCOCOC(=O)c1ccccc1Nc1c(Cl)ccc(C)c1Cl.NC(N)=O. The Morgan fingerprint density at radius 3 is 2.37 bits per heavy atom. The number of aryl methyl sites for hydroxylation is 1. The van der Waals surface area contributed by atoms with Crippen LogP contribution in [0.3, 0.4) is 0 Å². The molecule has 0 saturated carbocycles. The molecule has 0 fully saturated rings. The van der Waals surface area contributed by atoms with Crippen molar-refractivity contribution in [2.45, 2.75) is 13.8 Å². The van der Waals surface area contributed by atoms with Gasteiger partial charge in [0.25, 0.3) is 0 Å². The first kappa shape index (κ1) is 22.6. The lowest BCUT2D eigenvalue weighted by Gasteiger charge is -2.15. The molecular weight excluding hydrogens is 393 g/mol. The number of primary amides is 2. The van der Waals surface area contributed by atoms with Crippen LogP contribution in [0.5, 0.6) is 0 Å². The fourth-order valence-electron chi connectivity index (χ4n) is 1.93. The molecule has 7 nitrogen and oxygen atoms in total. The van der Waals surface area contributed by atoms with Crippen LogP contribution in [0, 0.1) is 6.92 Å². The molecule has 0 atom stereocenters. The van der Waals surface area contributed by atoms with Gasteiger partial charge >= 0.3 is 12.0 Å². The van der Waals surface area contributed by atoms with E-state index in [0.717, 1.165) is 5.56 Å². The van der Waals surface area contributed by atoms with Gasteiger partial charge in [-0.25, -0.2) is 9.59 Å². The number of hydrogen-bond acceptors (Lipinski definition) is 5. The fraction of sp³-hybridized carbons (Fsp3) is 0.222. The maximum Gasteiger partial charge on any atom is 0.342 e. The lowest BCUT2D eigenvalue weighted by molar-refractivity contribution is -0.0273. The fourth-order valence-corrected chi connectivity index (χ4v) is 2.40. The van der Waals surface area contributed by atoms with Crippen LogP contribution in [-0.2, 0) is 9.47 Å². The van der Waals surface area contributed by atoms with Crippen LogP contribution in [0.1, 0.15) is 22.8 Å². The molecule has 0 radical (unpaired) electrons. The summed E-state index contributed by atoms with van der Waals surface area (Å²) in [7, 11) is 0. The number of amides is 2. The summed E-state index contributed by atoms with van der Waals surface area (Å²) in [6.45, 7) is 4.09. The summed E-state index contributed by atoms with van der Waals surface area (Å²) in [5.41, 5.74) is 10.9. The summed E-state index contributed by atoms with van der Waals surface area (Å²) in [6.07, 6.45) is 0. The van der Waals surface area contributed by atoms with E-state index in [4.69, 9.17) is 37.5 Å². The van der Waals surface area contributed by atoms with Crippen molar-refractivity contribution in [1.82, 2.24) is 0 Å². The molecule has 0 saturated heterocycles. The molecule has 0 aliphatic heterocycles. The number of para-hydroxylation sites is 1. The molecule has 2 aromatic rings. The highest BCUT2D eigenvalue weighted by Crippen LogP contribution is 2.36. The van der Waals surface area contributed by atoms with Crippen LogP contribution in [0.4, 0.5) is 16.2 Å². The second-order valence-corrected chi connectivity index (χ2v) is 5.95. The van der Waals surface area contributed by atoms with E-state index in [1.807, 2.05) is 19.9 Å². The molecule has 0 bridgehead atoms. The number of rotatable bonds is 6. The summed E-state index contributed by atoms with van der Waals surface area (Å²) >= 11 is 12.5. The van der Waals surface area contributed by atoms with E-state index in [1.165, 1.54) is 0 Å². The standard InChI is InChI=1S/C17H17Cl2NO3.CH4N2O/c1-3-22-10-23-17(21)12-6-4-5-7-14(12)20-16-13(18)9-8-11(2)15(16)19;2-1(3)4/h4-9,20H,3,10H2,1-2H3;(H4,2,3,4). The maximum absolute atomic E-state index is 12.2. The molecule has 2 aromatic carbocycles. The highest BCUT2D eigenvalue weighted by Gasteiger charge is 2.15. The van der Waals surface area contributed by atoms with Gasteiger partial charge in [-0.05, 0) is 37.6 Å². The van der Waals surface area contributed by atoms with Crippen molar-refractivity contribution in [2.75, 3.05) is 18.7 Å². The van der Waals surface area contributed by atoms with E-state index in [2.05, 4.69) is 16.8 Å². The first-order chi connectivity index (χ1) is 12.8. The van der Waals surface area contributed by atoms with E-state index < -0.39 is 12.0 Å². The van der Waals surface area contributed by atoms with Gasteiger partial charge in [0, 0.05) is 6.61 Å². The lowest BCUT2D eigenvalue weighted by Crippen LogP contribution is -2.18. The Morgan fingerprint density at radius 1 is 1.11 bits per heavy atom. The zero-order valence-corrected chi connectivity index (χ0v) is 16.4. The quantitative estimate of drug-likeness (QED) is 0.372. The van der Waals surface area contributed by atoms with Crippen molar-refractivity contribution in [1.29, 1.82) is 0 Å². The molecule has 27 heavy (non-hydrogen) atoms. The number of benzene rings is 2. The van der Waals surface area contributed by atoms with Gasteiger partial charge in [-0.1, -0.05) is 41.4 Å². The third kappa shape index (κ3) is 7.34. The molecule has 0 spiro atoms. The zero-order chi connectivity index (χ0) is 20.4. The van der Waals surface area contributed by atoms with Crippen molar-refractivity contribution < 1.29 is 19.1 Å². The van der Waals surface area contributed by atoms with Gasteiger partial charge in [0.2, 0.25) is 0 Å². The Kier molecular flexibility index (Phi) is 9.42. The van der Waals surface area contributed by atoms with Crippen molar-refractivity contribution in [3.63, 3.8) is 0 Å². The first-order valence-corrected chi connectivity index (χ1v) is 8.63. The summed E-state index contributed by atoms with van der Waals surface area (Å²) in [4.78, 5) is 21.2. The highest BCUT2D eigenvalue weighted by molar-refractivity contribution is 6.39. The Morgan fingerprint density at radius 2 is 1.74 bits per heavy atom. The Balaban J connectivity index is 0.000000828. The third-order valence-electron chi connectivity index (χ3n) is 3.17. The topological polar surface area (TPSA) is 117 Å². The van der Waals surface area contributed by atoms with Crippen LogP contribution >= 0.6 is 23.2 Å². The maximum atomic E-state index is 12.2. The van der Waals surface area contributed by atoms with E-state index in [9.17, 15) is 4.79 Å². The van der Waals surface area contributed by atoms with Crippen molar-refractivity contribution in [2.24, 2.45) is 11.5 Å². The number of nitrogens with one attached hydrogen (secondary N) is 1. The second-order valence-electron chi connectivity index (χ2n) is 5.17. The van der Waals surface area contributed by atoms with Crippen LogP contribution < -0.4 is 16.8 Å². The molecule has 0 aliphatic rings. The molecule has 146 valence electrons. The third-order valence-corrected chi connectivity index (χ3v) is 3.97. The Labute approximate surface area is 167 Å². The van der Waals surface area contributed by atoms with E-state index in [-0.39, 0.29) is 6.79 Å². The number of esters is 1. The number of hydrogen-bond donors (Lipinski definition) is 3. The lowest BCUT2D eigenvalue weighted by atomic mass is 10.1. The van der Waals surface area contributed by atoms with Crippen LogP contribution in [0.15, 0.2) is 36.4 Å². The Hall–Kier alpha value is -2.48. The minimum Gasteiger partial charge on any atom is -0.435 e. The molecule has 0 unspecified atom stereocenters. The van der Waals surface area contributed by atoms with Gasteiger partial charge in [-0.3, -0.25) is 0 Å². The predicted molar refractivity (Wildman–Crippen MR) is 107 cm³/mol. The van der Waals surface area contributed by atoms with E-state index in [0.29, 0.717) is 33.6 Å². The number of nitrogens with two attached hydrogens (primary N) is 2. The minimum atomic E-state index is -0.833. The summed E-state index contributed by atoms with van der Waals surface area (Å²) in [5.74, 6) is -0.485. The summed E-state index contributed by atoms with van der Waals surface area (Å²) in [5, 5.41) is 4.10. The predicted octanol–water partition coefficient (Wildman–Crippen LogP) is 4.22. The summed E-state index contributed by atoms with van der Waals surface area (Å²) in [6, 6.07) is 9.72. The molecular formula is C18H21Cl2N3O4. The normalized spacial score (nSPS) is 9.78. The molecule has 9 heteroatoms. The smallest absolute Gasteiger partial charge is 0.342 e. The van der Waals surface area contributed by atoms with Gasteiger partial charge in [0.15, 0.2) is 6.79 Å². The van der Waals surface area contributed by atoms with Crippen molar-refractivity contribution in [3.05, 3.63) is 57.6 Å². The monoisotopic (exact) mass is 413 g/mol. The van der Waals surface area contributed by atoms with Gasteiger partial charge < -0.3 is 26.3 Å². The van der Waals surface area contributed by atoms with E-state index in [1.54, 1.807) is 30.3 Å². The molecule has 0 aliphatic carbocycles. The Bertz CT molecular complexity index is 796. The molecule has 5 N–H and O–H groups in total. The number of carbonyl (C=O) groups excluding carboxylic acids is 2. The van der Waals surface area contributed by atoms with Gasteiger partial charge in [-0.15, -0.1) is 0 Å². The molecule has 2 amide bonds. The van der Waals surface area contributed by atoms with Crippen LogP contribution in [0.2, 0.25) is 10.0 Å². The van der Waals surface area contributed by atoms with Gasteiger partial charge in [0.05, 0.1) is 27.0 Å². The van der Waals surface area contributed by atoms with Crippen LogP contribution in [0.25, 0.3) is 0 Å². The molecule has 2 rings (SSSR count). The number of anilines is 2. The number of carbonyl (C=O) groups is 2. The second kappa shape index (κ2) is 11.3. The van der Waals surface area contributed by atoms with Gasteiger partial charge in [-0.2, -0.15) is 0 Å². The van der Waals surface area contributed by atoms with Crippen molar-refractivity contribution >= 4 is 46.6 Å². The largest absolute Gasteiger partial charge is 0.435 e. The minimum absolute atomic E-state index is 0.0877. The molecule has 0 aromatic heterocycles.